The van der Waals surface area contributed by atoms with E-state index in [4.69, 9.17) is 13.6 Å². The molecule has 0 heterocycles. The highest BCUT2D eigenvalue weighted by atomic mass is 28.3. The highest BCUT2D eigenvalue weighted by molar-refractivity contribution is 6.46. The van der Waals surface area contributed by atoms with Gasteiger partial charge in [-0.2, -0.15) is 0 Å². The second-order valence-corrected chi connectivity index (χ2v) is 6.49. The van der Waals surface area contributed by atoms with Crippen molar-refractivity contribution in [2.45, 2.75) is 65.9 Å². The van der Waals surface area contributed by atoms with Crippen molar-refractivity contribution in [3.8, 4) is 0 Å². The molecule has 1 atom stereocenters. The lowest BCUT2D eigenvalue weighted by Crippen LogP contribution is -2.43. The number of rotatable bonds is 8. The van der Waals surface area contributed by atoms with E-state index in [-0.39, 0.29) is 23.9 Å². The molecule has 0 bridgehead atoms. The topological polar surface area (TPSA) is 44.8 Å². The summed E-state index contributed by atoms with van der Waals surface area (Å²) in [7, 11) is -1.65. The minimum atomic E-state index is -1.65. The molecule has 0 saturated heterocycles. The van der Waals surface area contributed by atoms with Gasteiger partial charge in [0.25, 0.3) is 0 Å². The summed E-state index contributed by atoms with van der Waals surface area (Å²) in [6.45, 7) is 14.9. The zero-order chi connectivity index (χ0) is 14.3. The molecule has 0 aliphatic rings. The number of ether oxygens (including phenoxy) is 1. The van der Waals surface area contributed by atoms with Crippen LogP contribution in [-0.4, -0.2) is 33.2 Å². The molecule has 1 radical (unpaired) electrons. The van der Waals surface area contributed by atoms with Crippen LogP contribution in [0.3, 0.4) is 0 Å². The maximum atomic E-state index is 11.6. The monoisotopic (exact) mass is 273 g/mol. The molecule has 0 rings (SSSR count). The molecule has 18 heavy (non-hydrogen) atoms. The molecule has 0 fully saturated rings. The van der Waals surface area contributed by atoms with Crippen molar-refractivity contribution in [2.75, 3.05) is 0 Å². The van der Waals surface area contributed by atoms with Crippen molar-refractivity contribution in [2.24, 2.45) is 0 Å². The van der Waals surface area contributed by atoms with Gasteiger partial charge < -0.3 is 13.6 Å². The Morgan fingerprint density at radius 2 is 1.61 bits per heavy atom. The molecule has 4 nitrogen and oxygen atoms in total. The first-order valence-corrected chi connectivity index (χ1v) is 7.73. The van der Waals surface area contributed by atoms with Crippen LogP contribution in [0.1, 0.15) is 48.0 Å². The van der Waals surface area contributed by atoms with Gasteiger partial charge in [-0.15, -0.1) is 0 Å². The molecule has 0 aromatic rings. The van der Waals surface area contributed by atoms with E-state index in [9.17, 15) is 4.79 Å². The predicted octanol–water partition coefficient (Wildman–Crippen LogP) is 2.76. The van der Waals surface area contributed by atoms with E-state index in [2.05, 4.69) is 6.58 Å². The number of carbonyl (C=O) groups excluding carboxylic acids is 1. The molecule has 5 heteroatoms. The van der Waals surface area contributed by atoms with Crippen LogP contribution in [-0.2, 0) is 18.4 Å². The number of hydrogen-bond acceptors (Lipinski definition) is 4. The first-order chi connectivity index (χ1) is 8.27. The maximum Gasteiger partial charge on any atom is 0.430 e. The van der Waals surface area contributed by atoms with Gasteiger partial charge in [-0.1, -0.05) is 13.5 Å². The van der Waals surface area contributed by atoms with E-state index in [1.807, 2.05) is 34.6 Å². The minimum Gasteiger partial charge on any atom is -0.457 e. The number of esters is 1. The molecule has 0 spiro atoms. The normalized spacial score (nSPS) is 13.2. The molecule has 0 aliphatic carbocycles. The summed E-state index contributed by atoms with van der Waals surface area (Å²) in [6, 6.07) is 0. The van der Waals surface area contributed by atoms with Crippen molar-refractivity contribution in [3.05, 3.63) is 12.2 Å². The molecular weight excluding hydrogens is 248 g/mol. The third-order valence-corrected chi connectivity index (χ3v) is 4.39. The zero-order valence-corrected chi connectivity index (χ0v) is 13.3. The van der Waals surface area contributed by atoms with Crippen LogP contribution in [0.2, 0.25) is 0 Å². The summed E-state index contributed by atoms with van der Waals surface area (Å²) < 4.78 is 16.9. The molecule has 1 unspecified atom stereocenters. The highest BCUT2D eigenvalue weighted by Gasteiger charge is 2.32. The number of hydrogen-bond donors (Lipinski definition) is 0. The van der Waals surface area contributed by atoms with E-state index in [0.29, 0.717) is 12.0 Å². The van der Waals surface area contributed by atoms with Gasteiger partial charge in [0.15, 0.2) is 0 Å². The lowest BCUT2D eigenvalue weighted by molar-refractivity contribution is -0.142. The van der Waals surface area contributed by atoms with Gasteiger partial charge in [-0.25, -0.2) is 4.79 Å². The summed E-state index contributed by atoms with van der Waals surface area (Å²) in [4.78, 5) is 11.6. The Morgan fingerprint density at radius 3 is 1.89 bits per heavy atom. The van der Waals surface area contributed by atoms with Crippen molar-refractivity contribution >= 4 is 15.3 Å². The molecule has 0 aromatic carbocycles. The quantitative estimate of drug-likeness (QED) is 0.387. The van der Waals surface area contributed by atoms with E-state index in [0.717, 1.165) is 0 Å². The zero-order valence-electron chi connectivity index (χ0n) is 12.3. The van der Waals surface area contributed by atoms with E-state index >= 15 is 0 Å². The summed E-state index contributed by atoms with van der Waals surface area (Å²) in [5.74, 6) is -0.385. The lowest BCUT2D eigenvalue weighted by atomic mass is 10.4. The third kappa shape index (κ3) is 6.93. The van der Waals surface area contributed by atoms with E-state index < -0.39 is 9.28 Å². The Labute approximate surface area is 112 Å². The van der Waals surface area contributed by atoms with Gasteiger partial charge in [0.2, 0.25) is 0 Å². The highest BCUT2D eigenvalue weighted by Crippen LogP contribution is 2.12. The van der Waals surface area contributed by atoms with Crippen LogP contribution in [0.15, 0.2) is 12.2 Å². The molecular formula is C13H25O4Si. The molecule has 105 valence electrons. The Balaban J connectivity index is 4.68. The summed E-state index contributed by atoms with van der Waals surface area (Å²) in [5.41, 5.74) is 0.0768. The molecule has 0 aliphatic heterocycles. The van der Waals surface area contributed by atoms with Crippen molar-refractivity contribution in [1.82, 2.24) is 0 Å². The molecule has 0 amide bonds. The SMILES string of the molecule is C=C(C)C(=O)OC(CC)[Si](OC(C)C)OC(C)C. The Hall–Kier alpha value is -0.653. The molecule has 0 aromatic heterocycles. The van der Waals surface area contributed by atoms with Gasteiger partial charge in [0, 0.05) is 17.8 Å². The molecule has 0 saturated carbocycles. The summed E-state index contributed by atoms with van der Waals surface area (Å²) >= 11 is 0. The second-order valence-electron chi connectivity index (χ2n) is 4.73. The fraction of sp³-hybridized carbons (Fsp3) is 0.769. The van der Waals surface area contributed by atoms with Crippen molar-refractivity contribution < 1.29 is 18.4 Å². The van der Waals surface area contributed by atoms with Crippen LogP contribution in [0.4, 0.5) is 0 Å². The first kappa shape index (κ1) is 17.3. The van der Waals surface area contributed by atoms with Crippen LogP contribution < -0.4 is 0 Å². The fourth-order valence-corrected chi connectivity index (χ4v) is 3.00. The Bertz CT molecular complexity index is 266. The second kappa shape index (κ2) is 8.45. The first-order valence-electron chi connectivity index (χ1n) is 6.34. The smallest absolute Gasteiger partial charge is 0.430 e. The van der Waals surface area contributed by atoms with Crippen LogP contribution in [0.5, 0.6) is 0 Å². The fourth-order valence-electron chi connectivity index (χ4n) is 1.17. The van der Waals surface area contributed by atoms with Crippen LogP contribution >= 0.6 is 0 Å². The van der Waals surface area contributed by atoms with Gasteiger partial charge in [-0.05, 0) is 41.0 Å². The average Bonchev–Trinajstić information content (AvgIpc) is 2.22. The van der Waals surface area contributed by atoms with Crippen LogP contribution in [0.25, 0.3) is 0 Å². The predicted molar refractivity (Wildman–Crippen MR) is 73.2 cm³/mol. The van der Waals surface area contributed by atoms with E-state index in [1.165, 1.54) is 0 Å². The standard InChI is InChI=1S/C13H25O4Si/c1-8-12(15-13(14)9(2)3)18(16-10(4)5)17-11(6)7/h10-12H,2,8H2,1,3-7H3. The van der Waals surface area contributed by atoms with Gasteiger partial charge in [-0.3, -0.25) is 0 Å². The Kier molecular flexibility index (Phi) is 8.14. The van der Waals surface area contributed by atoms with Crippen molar-refractivity contribution in [1.29, 1.82) is 0 Å². The van der Waals surface area contributed by atoms with Gasteiger partial charge >= 0.3 is 15.3 Å². The van der Waals surface area contributed by atoms with Crippen LogP contribution in [0, 0.1) is 0 Å². The summed E-state index contributed by atoms with van der Waals surface area (Å²) in [5, 5.41) is 0. The maximum absolute atomic E-state index is 11.6. The summed E-state index contributed by atoms with van der Waals surface area (Å²) in [6.07, 6.45) is 0.776. The average molecular weight is 273 g/mol. The minimum absolute atomic E-state index is 0.0511. The van der Waals surface area contributed by atoms with Crippen molar-refractivity contribution in [3.63, 3.8) is 0 Å². The Morgan fingerprint density at radius 1 is 1.17 bits per heavy atom. The van der Waals surface area contributed by atoms with Gasteiger partial charge in [0.05, 0.1) is 0 Å². The van der Waals surface area contributed by atoms with E-state index in [1.54, 1.807) is 6.92 Å². The molecule has 0 N–H and O–H groups in total. The largest absolute Gasteiger partial charge is 0.457 e. The van der Waals surface area contributed by atoms with Gasteiger partial charge in [0.1, 0.15) is 5.73 Å². The third-order valence-electron chi connectivity index (χ3n) is 1.94. The lowest BCUT2D eigenvalue weighted by Gasteiger charge is -2.26. The number of carbonyl (C=O) groups is 1.